The van der Waals surface area contributed by atoms with Crippen molar-refractivity contribution < 1.29 is 4.42 Å². The number of oxazole rings is 1. The predicted octanol–water partition coefficient (Wildman–Crippen LogP) is 12.1. The van der Waals surface area contributed by atoms with Gasteiger partial charge in [-0.2, -0.15) is 0 Å². The van der Waals surface area contributed by atoms with Crippen molar-refractivity contribution in [2.75, 3.05) is 0 Å². The van der Waals surface area contributed by atoms with Crippen molar-refractivity contribution in [1.82, 2.24) is 15.0 Å². The lowest BCUT2D eigenvalue weighted by molar-refractivity contribution is -0.00487. The summed E-state index contributed by atoms with van der Waals surface area (Å²) in [6.07, 6.45) is 9.94. The van der Waals surface area contributed by atoms with E-state index in [0.717, 1.165) is 68.3 Å². The van der Waals surface area contributed by atoms with E-state index in [9.17, 15) is 0 Å². The molecule has 242 valence electrons. The Morgan fingerprint density at radius 1 is 0.580 bits per heavy atom. The molecule has 4 bridgehead atoms. The number of benzene rings is 5. The normalized spacial score (nSPS) is 22.6. The molecule has 4 nitrogen and oxygen atoms in total. The zero-order valence-electron chi connectivity index (χ0n) is 27.7. The molecule has 4 aliphatic rings. The molecule has 12 rings (SSSR count). The molecule has 3 heterocycles. The summed E-state index contributed by atoms with van der Waals surface area (Å²) in [6, 6.07) is 41.1. The summed E-state index contributed by atoms with van der Waals surface area (Å²) in [6.45, 7) is 0. The van der Waals surface area contributed by atoms with Crippen LogP contribution in [0.5, 0.6) is 0 Å². The molecule has 4 fully saturated rings. The van der Waals surface area contributed by atoms with E-state index in [1.54, 1.807) is 6.39 Å². The van der Waals surface area contributed by atoms with Gasteiger partial charge in [-0.15, -0.1) is 11.3 Å². The monoisotopic (exact) mass is 665 g/mol. The maximum Gasteiger partial charge on any atom is 0.182 e. The van der Waals surface area contributed by atoms with Gasteiger partial charge in [0, 0.05) is 48.0 Å². The Morgan fingerprint density at radius 2 is 1.18 bits per heavy atom. The van der Waals surface area contributed by atoms with Crippen molar-refractivity contribution in [3.05, 3.63) is 127 Å². The van der Waals surface area contributed by atoms with Gasteiger partial charge in [-0.05, 0) is 85.5 Å². The molecule has 0 amide bonds. The Bertz CT molecular complexity index is 2490. The van der Waals surface area contributed by atoms with Crippen molar-refractivity contribution >= 4 is 42.6 Å². The molecule has 0 aliphatic heterocycles. The second kappa shape index (κ2) is 10.9. The SMILES string of the molecule is c1ccc(-c2cc(-c3ccc4c(c3)sc3cc(-c5ccc(C67CC8CC(CC(C8)C6)C7)c6ocnc56)ccc34)nc(-c3ccccc3)n2)cc1. The van der Waals surface area contributed by atoms with Gasteiger partial charge in [0.1, 0.15) is 5.52 Å². The third kappa shape index (κ3) is 4.53. The molecule has 0 saturated heterocycles. The van der Waals surface area contributed by atoms with Gasteiger partial charge in [0.05, 0.1) is 11.4 Å². The molecule has 3 aromatic heterocycles. The number of hydrogen-bond donors (Lipinski definition) is 0. The molecule has 0 N–H and O–H groups in total. The van der Waals surface area contributed by atoms with Crippen LogP contribution in [0.15, 0.2) is 126 Å². The van der Waals surface area contributed by atoms with E-state index in [1.165, 1.54) is 69.8 Å². The first kappa shape index (κ1) is 28.7. The minimum atomic E-state index is 0.269. The van der Waals surface area contributed by atoms with Crippen LogP contribution >= 0.6 is 11.3 Å². The highest BCUT2D eigenvalue weighted by Crippen LogP contribution is 2.61. The smallest absolute Gasteiger partial charge is 0.182 e. The van der Waals surface area contributed by atoms with Gasteiger partial charge in [0.25, 0.3) is 0 Å². The Morgan fingerprint density at radius 3 is 1.86 bits per heavy atom. The average molecular weight is 666 g/mol. The van der Waals surface area contributed by atoms with Gasteiger partial charge < -0.3 is 4.42 Å². The molecule has 50 heavy (non-hydrogen) atoms. The second-order valence-electron chi connectivity index (χ2n) is 15.1. The first-order valence-electron chi connectivity index (χ1n) is 18.0. The predicted molar refractivity (Wildman–Crippen MR) is 204 cm³/mol. The average Bonchev–Trinajstić information content (AvgIpc) is 3.79. The van der Waals surface area contributed by atoms with Crippen molar-refractivity contribution in [3.63, 3.8) is 0 Å². The lowest BCUT2D eigenvalue weighted by Crippen LogP contribution is -2.48. The van der Waals surface area contributed by atoms with Gasteiger partial charge in [0.2, 0.25) is 0 Å². The molecule has 0 unspecified atom stereocenters. The number of fused-ring (bicyclic) bond motifs is 4. The summed E-state index contributed by atoms with van der Waals surface area (Å²) in [5.41, 5.74) is 11.1. The summed E-state index contributed by atoms with van der Waals surface area (Å²) in [5, 5.41) is 2.55. The number of thiophene rings is 1. The van der Waals surface area contributed by atoms with E-state index in [-0.39, 0.29) is 5.41 Å². The fraction of sp³-hybridized carbons (Fsp3) is 0.222. The first-order chi connectivity index (χ1) is 24.7. The Balaban J connectivity index is 0.988. The fourth-order valence-electron chi connectivity index (χ4n) is 10.2. The van der Waals surface area contributed by atoms with Crippen LogP contribution in [0.2, 0.25) is 0 Å². The second-order valence-corrected chi connectivity index (χ2v) is 16.2. The third-order valence-corrected chi connectivity index (χ3v) is 13.1. The fourth-order valence-corrected chi connectivity index (χ4v) is 11.4. The van der Waals surface area contributed by atoms with Crippen LogP contribution in [0.1, 0.15) is 44.1 Å². The highest BCUT2D eigenvalue weighted by Gasteiger charge is 2.52. The summed E-state index contributed by atoms with van der Waals surface area (Å²) in [4.78, 5) is 14.9. The van der Waals surface area contributed by atoms with Crippen molar-refractivity contribution in [3.8, 4) is 45.0 Å². The lowest BCUT2D eigenvalue weighted by atomic mass is 9.48. The Kier molecular flexibility index (Phi) is 6.27. The zero-order valence-corrected chi connectivity index (χ0v) is 28.5. The molecule has 4 aliphatic carbocycles. The molecule has 5 heteroatoms. The molecule has 0 spiro atoms. The van der Waals surface area contributed by atoms with Crippen LogP contribution in [0.25, 0.3) is 76.3 Å². The molecule has 0 atom stereocenters. The van der Waals surface area contributed by atoms with Gasteiger partial charge in [0.15, 0.2) is 17.8 Å². The van der Waals surface area contributed by atoms with Crippen LogP contribution < -0.4 is 0 Å². The lowest BCUT2D eigenvalue weighted by Gasteiger charge is -2.57. The van der Waals surface area contributed by atoms with Crippen molar-refractivity contribution in [1.29, 1.82) is 0 Å². The van der Waals surface area contributed by atoms with Crippen LogP contribution in [0, 0.1) is 17.8 Å². The molecule has 0 radical (unpaired) electrons. The number of aromatic nitrogens is 3. The van der Waals surface area contributed by atoms with Crippen LogP contribution in [-0.2, 0) is 5.41 Å². The first-order valence-corrected chi connectivity index (χ1v) is 18.8. The topological polar surface area (TPSA) is 51.8 Å². The quantitative estimate of drug-likeness (QED) is 0.184. The molecule has 8 aromatic rings. The minimum absolute atomic E-state index is 0.269. The van der Waals surface area contributed by atoms with Crippen molar-refractivity contribution in [2.45, 2.75) is 43.9 Å². The zero-order chi connectivity index (χ0) is 32.8. The number of hydrogen-bond acceptors (Lipinski definition) is 5. The van der Waals surface area contributed by atoms with Crippen molar-refractivity contribution in [2.24, 2.45) is 17.8 Å². The summed E-state index contributed by atoms with van der Waals surface area (Å²) in [5.74, 6) is 3.40. The standard InChI is InChI=1S/C45H35N3OS/c1-3-7-30(8-4-1)38-22-39(48-44(47-38)31-9-5-2-6-10-31)33-12-14-36-35-13-11-32(20-40(35)50-41(36)21-33)34-15-16-37(43-42(34)46-26-49-43)45-23-27-17-28(24-45)19-29(18-27)25-45/h1-16,20-22,26-29H,17-19,23-25H2. The van der Waals surface area contributed by atoms with E-state index in [1.807, 2.05) is 35.6 Å². The Hall–Kier alpha value is -5.13. The third-order valence-electron chi connectivity index (χ3n) is 12.0. The highest BCUT2D eigenvalue weighted by atomic mass is 32.1. The summed E-state index contributed by atoms with van der Waals surface area (Å²) < 4.78 is 8.77. The number of nitrogens with zero attached hydrogens (tertiary/aromatic N) is 3. The van der Waals surface area contributed by atoms with Gasteiger partial charge in [-0.3, -0.25) is 0 Å². The van der Waals surface area contributed by atoms with E-state index >= 15 is 0 Å². The van der Waals surface area contributed by atoms with Gasteiger partial charge >= 0.3 is 0 Å². The van der Waals surface area contributed by atoms with Gasteiger partial charge in [-0.1, -0.05) is 97.1 Å². The van der Waals surface area contributed by atoms with E-state index < -0.39 is 0 Å². The maximum atomic E-state index is 6.25. The maximum absolute atomic E-state index is 6.25. The van der Waals surface area contributed by atoms with E-state index in [4.69, 9.17) is 19.4 Å². The molecule has 5 aromatic carbocycles. The summed E-state index contributed by atoms with van der Waals surface area (Å²) in [7, 11) is 0. The van der Waals surface area contributed by atoms with Crippen LogP contribution in [0.3, 0.4) is 0 Å². The molecule has 4 saturated carbocycles. The van der Waals surface area contributed by atoms with E-state index in [0.29, 0.717) is 0 Å². The Labute approximate surface area is 294 Å². The van der Waals surface area contributed by atoms with Gasteiger partial charge in [-0.25, -0.2) is 15.0 Å². The largest absolute Gasteiger partial charge is 0.443 e. The summed E-state index contributed by atoms with van der Waals surface area (Å²) >= 11 is 1.84. The molecular weight excluding hydrogens is 631 g/mol. The van der Waals surface area contributed by atoms with Crippen LogP contribution in [0.4, 0.5) is 0 Å². The van der Waals surface area contributed by atoms with Crippen LogP contribution in [-0.4, -0.2) is 15.0 Å². The highest BCUT2D eigenvalue weighted by molar-refractivity contribution is 7.25. The number of rotatable bonds is 5. The van der Waals surface area contributed by atoms with E-state index in [2.05, 4.69) is 91.0 Å². The minimum Gasteiger partial charge on any atom is -0.443 e. The molecular formula is C45H35N3OS.